The van der Waals surface area contributed by atoms with E-state index < -0.39 is 0 Å². The third-order valence-electron chi connectivity index (χ3n) is 4.28. The number of aromatic nitrogens is 4. The predicted molar refractivity (Wildman–Crippen MR) is 97.4 cm³/mol. The van der Waals surface area contributed by atoms with E-state index >= 15 is 0 Å². The maximum atomic E-state index is 12.3. The minimum absolute atomic E-state index is 0.0525. The highest BCUT2D eigenvalue weighted by molar-refractivity contribution is 5.86. The Morgan fingerprint density at radius 2 is 1.96 bits per heavy atom. The molecule has 0 saturated carbocycles. The Hall–Kier alpha value is -3.61. The van der Waals surface area contributed by atoms with Crippen LogP contribution in [0, 0.1) is 6.92 Å². The monoisotopic (exact) mass is 348 g/mol. The minimum Gasteiger partial charge on any atom is -0.507 e. The van der Waals surface area contributed by atoms with Crippen LogP contribution in [0.15, 0.2) is 53.5 Å². The van der Waals surface area contributed by atoms with Gasteiger partial charge >= 0.3 is 5.69 Å². The number of hydrogen-bond acceptors (Lipinski definition) is 5. The van der Waals surface area contributed by atoms with Crippen LogP contribution in [0.1, 0.15) is 5.56 Å². The van der Waals surface area contributed by atoms with Gasteiger partial charge in [-0.3, -0.25) is 0 Å². The van der Waals surface area contributed by atoms with E-state index in [0.717, 1.165) is 11.1 Å². The fraction of sp³-hybridized carbons (Fsp3) is 0.105. The van der Waals surface area contributed by atoms with Crippen LogP contribution in [0.25, 0.3) is 28.2 Å². The first-order valence-corrected chi connectivity index (χ1v) is 7.99. The first kappa shape index (κ1) is 15.9. The molecule has 26 heavy (non-hydrogen) atoms. The largest absolute Gasteiger partial charge is 0.507 e. The van der Waals surface area contributed by atoms with Gasteiger partial charge in [0.15, 0.2) is 0 Å². The molecule has 2 N–H and O–H groups in total. The molecule has 0 amide bonds. The van der Waals surface area contributed by atoms with Crippen molar-refractivity contribution in [1.82, 2.24) is 19.6 Å². The number of nitrogens with one attached hydrogen (secondary N) is 1. The van der Waals surface area contributed by atoms with E-state index in [4.69, 9.17) is 4.74 Å². The Kier molecular flexibility index (Phi) is 3.69. The molecular formula is C19H16N4O3. The second-order valence-corrected chi connectivity index (χ2v) is 5.89. The number of fused-ring (bicyclic) bond motifs is 1. The fourth-order valence-corrected chi connectivity index (χ4v) is 3.15. The van der Waals surface area contributed by atoms with Crippen molar-refractivity contribution in [3.63, 3.8) is 0 Å². The maximum Gasteiger partial charge on any atom is 0.349 e. The number of hydrogen-bond donors (Lipinski definition) is 2. The standard InChI is InChI=1S/C19H16N4O3/c1-11-8-13(26-2)9-15(24)16(11)14-10-20-18-21-22-19(25)23(18)17(14)12-6-4-3-5-7-12/h3-10,24H,1-2H3,(H,22,25). The van der Waals surface area contributed by atoms with Crippen molar-refractivity contribution >= 4 is 5.78 Å². The Morgan fingerprint density at radius 1 is 1.19 bits per heavy atom. The number of benzene rings is 2. The normalized spacial score (nSPS) is 11.0. The zero-order valence-electron chi connectivity index (χ0n) is 14.2. The van der Waals surface area contributed by atoms with Crippen molar-refractivity contribution in [3.8, 4) is 33.9 Å². The summed E-state index contributed by atoms with van der Waals surface area (Å²) >= 11 is 0. The van der Waals surface area contributed by atoms with E-state index in [1.54, 1.807) is 19.4 Å². The Morgan fingerprint density at radius 3 is 2.65 bits per heavy atom. The van der Waals surface area contributed by atoms with Crippen molar-refractivity contribution in [2.75, 3.05) is 7.11 Å². The Bertz CT molecular complexity index is 1140. The molecule has 0 bridgehead atoms. The first-order chi connectivity index (χ1) is 12.6. The molecule has 0 aliphatic carbocycles. The molecule has 0 spiro atoms. The van der Waals surface area contributed by atoms with Crippen LogP contribution >= 0.6 is 0 Å². The molecule has 2 aromatic carbocycles. The highest BCUT2D eigenvalue weighted by atomic mass is 16.5. The SMILES string of the molecule is COc1cc(C)c(-c2cnc3n[nH]c(=O)n3c2-c2ccccc2)c(O)c1. The second kappa shape index (κ2) is 6.03. The van der Waals surface area contributed by atoms with E-state index in [1.807, 2.05) is 43.3 Å². The van der Waals surface area contributed by atoms with E-state index in [1.165, 1.54) is 4.40 Å². The summed E-state index contributed by atoms with van der Waals surface area (Å²) in [6.45, 7) is 1.87. The zero-order valence-corrected chi connectivity index (χ0v) is 14.2. The first-order valence-electron chi connectivity index (χ1n) is 7.99. The van der Waals surface area contributed by atoms with Crippen molar-refractivity contribution in [2.24, 2.45) is 0 Å². The second-order valence-electron chi connectivity index (χ2n) is 5.89. The maximum absolute atomic E-state index is 12.3. The molecule has 7 heteroatoms. The Balaban J connectivity index is 2.12. The van der Waals surface area contributed by atoms with Gasteiger partial charge in [-0.15, -0.1) is 5.10 Å². The lowest BCUT2D eigenvalue weighted by atomic mass is 9.96. The summed E-state index contributed by atoms with van der Waals surface area (Å²) in [5, 5.41) is 17.0. The van der Waals surface area contributed by atoms with Crippen LogP contribution in [0.2, 0.25) is 0 Å². The van der Waals surface area contributed by atoms with Crippen LogP contribution < -0.4 is 10.4 Å². The lowest BCUT2D eigenvalue weighted by Gasteiger charge is -2.15. The summed E-state index contributed by atoms with van der Waals surface area (Å²) in [5.74, 6) is 0.875. The van der Waals surface area contributed by atoms with Gasteiger partial charge in [0, 0.05) is 23.4 Å². The smallest absolute Gasteiger partial charge is 0.349 e. The van der Waals surface area contributed by atoms with Gasteiger partial charge < -0.3 is 9.84 Å². The number of H-pyrrole nitrogens is 1. The molecule has 0 radical (unpaired) electrons. The topological polar surface area (TPSA) is 92.5 Å². The number of aromatic hydroxyl groups is 1. The average molecular weight is 348 g/mol. The summed E-state index contributed by atoms with van der Waals surface area (Å²) in [6, 6.07) is 12.8. The van der Waals surface area contributed by atoms with Crippen molar-refractivity contribution in [1.29, 1.82) is 0 Å². The van der Waals surface area contributed by atoms with E-state index in [-0.39, 0.29) is 17.2 Å². The van der Waals surface area contributed by atoms with Crippen LogP contribution in [-0.2, 0) is 0 Å². The quantitative estimate of drug-likeness (QED) is 0.594. The van der Waals surface area contributed by atoms with E-state index in [9.17, 15) is 9.90 Å². The number of nitrogens with zero attached hydrogens (tertiary/aromatic N) is 3. The number of rotatable bonds is 3. The number of aryl methyl sites for hydroxylation is 1. The lowest BCUT2D eigenvalue weighted by molar-refractivity contribution is 0.407. The molecule has 0 unspecified atom stereocenters. The van der Waals surface area contributed by atoms with Crippen molar-refractivity contribution < 1.29 is 9.84 Å². The summed E-state index contributed by atoms with van der Waals surface area (Å²) < 4.78 is 6.62. The number of ether oxygens (including phenoxy) is 1. The van der Waals surface area contributed by atoms with E-state index in [0.29, 0.717) is 22.6 Å². The molecule has 130 valence electrons. The lowest BCUT2D eigenvalue weighted by Crippen LogP contribution is -2.13. The van der Waals surface area contributed by atoms with Crippen LogP contribution in [0.5, 0.6) is 11.5 Å². The van der Waals surface area contributed by atoms with Crippen LogP contribution in [0.3, 0.4) is 0 Å². The van der Waals surface area contributed by atoms with Gasteiger partial charge in [0.2, 0.25) is 0 Å². The molecule has 0 saturated heterocycles. The minimum atomic E-state index is -0.390. The third kappa shape index (κ3) is 2.41. The Labute approximate surface area is 148 Å². The predicted octanol–water partition coefficient (Wildman–Crippen LogP) is 2.77. The van der Waals surface area contributed by atoms with Crippen LogP contribution in [-0.4, -0.2) is 31.8 Å². The highest BCUT2D eigenvalue weighted by Crippen LogP contribution is 2.40. The van der Waals surface area contributed by atoms with Gasteiger partial charge in [0.1, 0.15) is 11.5 Å². The van der Waals surface area contributed by atoms with Gasteiger partial charge in [-0.05, 0) is 24.1 Å². The summed E-state index contributed by atoms with van der Waals surface area (Å²) in [6.07, 6.45) is 1.62. The average Bonchev–Trinajstić information content (AvgIpc) is 3.03. The zero-order chi connectivity index (χ0) is 18.3. The van der Waals surface area contributed by atoms with Gasteiger partial charge in [-0.2, -0.15) is 0 Å². The molecular weight excluding hydrogens is 332 g/mol. The van der Waals surface area contributed by atoms with Gasteiger partial charge in [-0.25, -0.2) is 19.3 Å². The van der Waals surface area contributed by atoms with Crippen molar-refractivity contribution in [3.05, 3.63) is 64.7 Å². The van der Waals surface area contributed by atoms with E-state index in [2.05, 4.69) is 15.2 Å². The molecule has 0 fully saturated rings. The highest BCUT2D eigenvalue weighted by Gasteiger charge is 2.20. The molecule has 0 aliphatic rings. The number of methoxy groups -OCH3 is 1. The molecule has 0 atom stereocenters. The molecule has 2 aromatic heterocycles. The number of phenols is 1. The van der Waals surface area contributed by atoms with Crippen molar-refractivity contribution in [2.45, 2.75) is 6.92 Å². The van der Waals surface area contributed by atoms with Gasteiger partial charge in [0.25, 0.3) is 5.78 Å². The van der Waals surface area contributed by atoms with Gasteiger partial charge in [-0.1, -0.05) is 30.3 Å². The summed E-state index contributed by atoms with van der Waals surface area (Å²) in [4.78, 5) is 16.6. The summed E-state index contributed by atoms with van der Waals surface area (Å²) in [5.41, 5.74) is 3.05. The van der Waals surface area contributed by atoms with Gasteiger partial charge in [0.05, 0.1) is 12.8 Å². The number of aromatic amines is 1. The molecule has 4 rings (SSSR count). The molecule has 0 aliphatic heterocycles. The molecule has 7 nitrogen and oxygen atoms in total. The fourth-order valence-electron chi connectivity index (χ4n) is 3.15. The number of phenolic OH excluding ortho intramolecular Hbond substituents is 1. The molecule has 2 heterocycles. The van der Waals surface area contributed by atoms with Crippen LogP contribution in [0.4, 0.5) is 0 Å². The molecule has 4 aromatic rings. The summed E-state index contributed by atoms with van der Waals surface area (Å²) in [7, 11) is 1.54. The third-order valence-corrected chi connectivity index (χ3v) is 4.28.